The van der Waals surface area contributed by atoms with Crippen LogP contribution in [0.2, 0.25) is 0 Å². The number of benzene rings is 2. The Morgan fingerprint density at radius 2 is 1.77 bits per heavy atom. The number of ether oxygens (including phenoxy) is 1. The second-order valence-electron chi connectivity index (χ2n) is 4.98. The first kappa shape index (κ1) is 12.6. The van der Waals surface area contributed by atoms with Crippen LogP contribution in [0.4, 0.5) is 5.69 Å². The predicted molar refractivity (Wildman–Crippen MR) is 84.0 cm³/mol. The second kappa shape index (κ2) is 4.70. The molecule has 0 fully saturated rings. The number of nitrogens with two attached hydrogens (primary N) is 1. The van der Waals surface area contributed by atoms with Crippen molar-refractivity contribution >= 4 is 22.4 Å². The topological polar surface area (TPSA) is 78.3 Å². The van der Waals surface area contributed by atoms with Gasteiger partial charge in [0, 0.05) is 5.69 Å². The van der Waals surface area contributed by atoms with Crippen molar-refractivity contribution in [1.82, 2.24) is 19.6 Å². The van der Waals surface area contributed by atoms with E-state index >= 15 is 0 Å². The Balaban J connectivity index is 1.94. The number of hydrogen-bond donors (Lipinski definition) is 1. The standard InChI is InChI=1S/C16H13N5O/c1-10-19-20-15-16(22-12-8-6-11(17)7-9-12)18-13-4-2-3-5-14(13)21(10)15/h2-9H,17H2,1H3. The van der Waals surface area contributed by atoms with E-state index in [-0.39, 0.29) is 0 Å². The third-order valence-electron chi connectivity index (χ3n) is 3.46. The predicted octanol–water partition coefficient (Wildman–Crippen LogP) is 2.96. The average molecular weight is 291 g/mol. The van der Waals surface area contributed by atoms with Crippen LogP contribution in [0.25, 0.3) is 16.7 Å². The van der Waals surface area contributed by atoms with Crippen LogP contribution in [0.15, 0.2) is 48.5 Å². The van der Waals surface area contributed by atoms with E-state index in [9.17, 15) is 0 Å². The monoisotopic (exact) mass is 291 g/mol. The number of nitrogens with zero attached hydrogens (tertiary/aromatic N) is 4. The smallest absolute Gasteiger partial charge is 0.266 e. The summed E-state index contributed by atoms with van der Waals surface area (Å²) in [5.41, 5.74) is 8.74. The fraction of sp³-hybridized carbons (Fsp3) is 0.0625. The highest BCUT2D eigenvalue weighted by Gasteiger charge is 2.14. The third kappa shape index (κ3) is 1.93. The van der Waals surface area contributed by atoms with Crippen molar-refractivity contribution in [2.45, 2.75) is 6.92 Å². The summed E-state index contributed by atoms with van der Waals surface area (Å²) in [6.45, 7) is 1.90. The molecule has 0 atom stereocenters. The zero-order valence-corrected chi connectivity index (χ0v) is 11.9. The molecule has 22 heavy (non-hydrogen) atoms. The number of fused-ring (bicyclic) bond motifs is 3. The normalized spacial score (nSPS) is 11.1. The maximum atomic E-state index is 5.88. The zero-order valence-electron chi connectivity index (χ0n) is 11.9. The van der Waals surface area contributed by atoms with Gasteiger partial charge in [-0.15, -0.1) is 10.2 Å². The molecule has 0 aliphatic carbocycles. The zero-order chi connectivity index (χ0) is 15.1. The number of anilines is 1. The van der Waals surface area contributed by atoms with Gasteiger partial charge in [-0.1, -0.05) is 12.1 Å². The van der Waals surface area contributed by atoms with Gasteiger partial charge in [0.15, 0.2) is 0 Å². The first-order chi connectivity index (χ1) is 10.7. The fourth-order valence-electron chi connectivity index (χ4n) is 2.41. The van der Waals surface area contributed by atoms with E-state index in [2.05, 4.69) is 15.2 Å². The van der Waals surface area contributed by atoms with E-state index in [1.807, 2.05) is 35.6 Å². The van der Waals surface area contributed by atoms with Crippen molar-refractivity contribution in [2.75, 3.05) is 5.73 Å². The summed E-state index contributed by atoms with van der Waals surface area (Å²) in [5.74, 6) is 1.86. The molecular formula is C16H13N5O. The van der Waals surface area contributed by atoms with Gasteiger partial charge in [0.1, 0.15) is 11.6 Å². The van der Waals surface area contributed by atoms with Crippen LogP contribution in [0.3, 0.4) is 0 Å². The van der Waals surface area contributed by atoms with Crippen LogP contribution in [-0.4, -0.2) is 19.6 Å². The summed E-state index contributed by atoms with van der Waals surface area (Å²) in [4.78, 5) is 4.56. The lowest BCUT2D eigenvalue weighted by Gasteiger charge is -2.08. The minimum atomic E-state index is 0.420. The van der Waals surface area contributed by atoms with Crippen molar-refractivity contribution in [2.24, 2.45) is 0 Å². The molecule has 108 valence electrons. The summed E-state index contributed by atoms with van der Waals surface area (Å²) in [5, 5.41) is 8.32. The lowest BCUT2D eigenvalue weighted by Crippen LogP contribution is -1.98. The molecule has 2 aromatic heterocycles. The molecule has 6 heteroatoms. The number of aryl methyl sites for hydroxylation is 1. The van der Waals surface area contributed by atoms with Gasteiger partial charge in [-0.05, 0) is 43.3 Å². The summed E-state index contributed by atoms with van der Waals surface area (Å²) in [7, 11) is 0. The molecule has 2 N–H and O–H groups in total. The van der Waals surface area contributed by atoms with Crippen molar-refractivity contribution in [3.63, 3.8) is 0 Å². The van der Waals surface area contributed by atoms with E-state index in [0.717, 1.165) is 16.9 Å². The molecule has 0 bridgehead atoms. The van der Waals surface area contributed by atoms with Crippen LogP contribution in [0, 0.1) is 6.92 Å². The van der Waals surface area contributed by atoms with Gasteiger partial charge in [0.2, 0.25) is 5.65 Å². The molecule has 0 saturated carbocycles. The van der Waals surface area contributed by atoms with E-state index in [1.54, 1.807) is 24.3 Å². The highest BCUT2D eigenvalue weighted by molar-refractivity contribution is 5.79. The van der Waals surface area contributed by atoms with Crippen LogP contribution < -0.4 is 10.5 Å². The number of para-hydroxylation sites is 2. The first-order valence-corrected chi connectivity index (χ1v) is 6.86. The van der Waals surface area contributed by atoms with Crippen molar-refractivity contribution in [1.29, 1.82) is 0 Å². The van der Waals surface area contributed by atoms with E-state index in [0.29, 0.717) is 23.0 Å². The summed E-state index contributed by atoms with van der Waals surface area (Å²) in [6.07, 6.45) is 0. The molecular weight excluding hydrogens is 278 g/mol. The number of hydrogen-bond acceptors (Lipinski definition) is 5. The molecule has 2 heterocycles. The van der Waals surface area contributed by atoms with E-state index in [4.69, 9.17) is 10.5 Å². The number of aromatic nitrogens is 4. The highest BCUT2D eigenvalue weighted by Crippen LogP contribution is 2.27. The van der Waals surface area contributed by atoms with Crippen LogP contribution in [0.1, 0.15) is 5.82 Å². The summed E-state index contributed by atoms with van der Waals surface area (Å²) >= 11 is 0. The van der Waals surface area contributed by atoms with E-state index in [1.165, 1.54) is 0 Å². The maximum Gasteiger partial charge on any atom is 0.266 e. The number of rotatable bonds is 2. The van der Waals surface area contributed by atoms with Gasteiger partial charge in [0.25, 0.3) is 5.88 Å². The molecule has 2 aromatic carbocycles. The Kier molecular flexibility index (Phi) is 2.69. The molecule has 6 nitrogen and oxygen atoms in total. The lowest BCUT2D eigenvalue weighted by atomic mass is 10.3. The Labute approximate surface area is 126 Å². The SMILES string of the molecule is Cc1nnc2c(Oc3ccc(N)cc3)nc3ccccc3n12. The Hall–Kier alpha value is -3.15. The summed E-state index contributed by atoms with van der Waals surface area (Å²) in [6, 6.07) is 15.0. The van der Waals surface area contributed by atoms with Gasteiger partial charge < -0.3 is 10.5 Å². The van der Waals surface area contributed by atoms with Crippen molar-refractivity contribution < 1.29 is 4.74 Å². The van der Waals surface area contributed by atoms with Gasteiger partial charge in [-0.2, -0.15) is 0 Å². The second-order valence-corrected chi connectivity index (χ2v) is 4.98. The molecule has 0 radical (unpaired) electrons. The molecule has 0 unspecified atom stereocenters. The molecule has 0 amide bonds. The largest absolute Gasteiger partial charge is 0.436 e. The Morgan fingerprint density at radius 1 is 1.00 bits per heavy atom. The van der Waals surface area contributed by atoms with Crippen molar-refractivity contribution in [3.05, 3.63) is 54.4 Å². The fourth-order valence-corrected chi connectivity index (χ4v) is 2.41. The molecule has 0 aliphatic heterocycles. The summed E-state index contributed by atoms with van der Waals surface area (Å²) < 4.78 is 7.82. The Morgan fingerprint density at radius 3 is 2.59 bits per heavy atom. The van der Waals surface area contributed by atoms with E-state index < -0.39 is 0 Å². The lowest BCUT2D eigenvalue weighted by molar-refractivity contribution is 0.467. The maximum absolute atomic E-state index is 5.88. The van der Waals surface area contributed by atoms with Crippen LogP contribution in [-0.2, 0) is 0 Å². The average Bonchev–Trinajstić information content (AvgIpc) is 2.92. The number of nitrogen functional groups attached to an aromatic ring is 1. The van der Waals surface area contributed by atoms with Crippen molar-refractivity contribution in [3.8, 4) is 11.6 Å². The highest BCUT2D eigenvalue weighted by atomic mass is 16.5. The minimum Gasteiger partial charge on any atom is -0.436 e. The van der Waals surface area contributed by atoms with Gasteiger partial charge in [0.05, 0.1) is 11.0 Å². The molecule has 0 saturated heterocycles. The first-order valence-electron chi connectivity index (χ1n) is 6.86. The Bertz CT molecular complexity index is 975. The molecule has 0 spiro atoms. The molecule has 0 aliphatic rings. The van der Waals surface area contributed by atoms with Crippen LogP contribution in [0.5, 0.6) is 11.6 Å². The van der Waals surface area contributed by atoms with Gasteiger partial charge in [-0.3, -0.25) is 4.40 Å². The quantitative estimate of drug-likeness (QED) is 0.574. The van der Waals surface area contributed by atoms with Gasteiger partial charge >= 0.3 is 0 Å². The third-order valence-corrected chi connectivity index (χ3v) is 3.46. The van der Waals surface area contributed by atoms with Crippen LogP contribution >= 0.6 is 0 Å². The minimum absolute atomic E-state index is 0.420. The van der Waals surface area contributed by atoms with Gasteiger partial charge in [-0.25, -0.2) is 4.98 Å². The molecule has 4 rings (SSSR count). The molecule has 4 aromatic rings.